The van der Waals surface area contributed by atoms with E-state index < -0.39 is 4.92 Å². The van der Waals surface area contributed by atoms with Crippen LogP contribution in [0.3, 0.4) is 0 Å². The molecule has 0 radical (unpaired) electrons. The third-order valence-electron chi connectivity index (χ3n) is 2.26. The number of hydrogen-bond donors (Lipinski definition) is 0. The molecule has 6 heteroatoms. The van der Waals surface area contributed by atoms with Crippen molar-refractivity contribution in [2.24, 2.45) is 0 Å². The summed E-state index contributed by atoms with van der Waals surface area (Å²) in [5.74, 6) is 1.52. The molecule has 94 valence electrons. The van der Waals surface area contributed by atoms with Gasteiger partial charge in [0.2, 0.25) is 0 Å². The second-order valence-electron chi connectivity index (χ2n) is 3.84. The van der Waals surface area contributed by atoms with Gasteiger partial charge in [0.25, 0.3) is 0 Å². The van der Waals surface area contributed by atoms with Gasteiger partial charge in [-0.1, -0.05) is 0 Å². The van der Waals surface area contributed by atoms with Gasteiger partial charge in [0.05, 0.1) is 6.07 Å². The first kappa shape index (κ1) is 12.0. The maximum atomic E-state index is 10.4. The van der Waals surface area contributed by atoms with Crippen LogP contribution in [0.1, 0.15) is 11.5 Å². The lowest BCUT2D eigenvalue weighted by Crippen LogP contribution is -2.06. The zero-order valence-corrected chi connectivity index (χ0v) is 9.99. The average molecular weight is 248 g/mol. The van der Waals surface area contributed by atoms with E-state index in [9.17, 15) is 10.1 Å². The van der Waals surface area contributed by atoms with Gasteiger partial charge >= 0.3 is 5.88 Å². The molecule has 0 aliphatic rings. The molecule has 6 nitrogen and oxygen atoms in total. The van der Waals surface area contributed by atoms with E-state index in [0.29, 0.717) is 11.5 Å². The van der Waals surface area contributed by atoms with Crippen LogP contribution in [-0.2, 0) is 0 Å². The van der Waals surface area contributed by atoms with Crippen molar-refractivity contribution in [1.82, 2.24) is 0 Å². The molecule has 18 heavy (non-hydrogen) atoms. The van der Waals surface area contributed by atoms with Crippen LogP contribution in [0.25, 0.3) is 12.2 Å². The zero-order chi connectivity index (χ0) is 13.1. The van der Waals surface area contributed by atoms with Gasteiger partial charge in [0.1, 0.15) is 16.4 Å². The molecule has 0 atom stereocenters. The summed E-state index contributed by atoms with van der Waals surface area (Å²) >= 11 is 0. The van der Waals surface area contributed by atoms with E-state index in [1.165, 1.54) is 12.1 Å². The Kier molecular flexibility index (Phi) is 3.18. The van der Waals surface area contributed by atoms with Crippen molar-refractivity contribution >= 4 is 23.9 Å². The second-order valence-corrected chi connectivity index (χ2v) is 3.84. The van der Waals surface area contributed by atoms with Crippen molar-refractivity contribution < 1.29 is 13.8 Å². The van der Waals surface area contributed by atoms with Crippen LogP contribution >= 0.6 is 0 Å². The van der Waals surface area contributed by atoms with Crippen LogP contribution in [-0.4, -0.2) is 19.0 Å². The van der Waals surface area contributed by atoms with Gasteiger partial charge < -0.3 is 13.7 Å². The van der Waals surface area contributed by atoms with Gasteiger partial charge in [-0.25, -0.2) is 0 Å². The second kappa shape index (κ2) is 4.79. The maximum absolute atomic E-state index is 10.4. The summed E-state index contributed by atoms with van der Waals surface area (Å²) in [6, 6.07) is 6.49. The minimum absolute atomic E-state index is 0.275. The maximum Gasteiger partial charge on any atom is 0.433 e. The molecular weight excluding hydrogens is 236 g/mol. The Morgan fingerprint density at radius 3 is 2.22 bits per heavy atom. The van der Waals surface area contributed by atoms with Gasteiger partial charge in [0, 0.05) is 20.2 Å². The van der Waals surface area contributed by atoms with E-state index >= 15 is 0 Å². The Labute approximate surface area is 103 Å². The number of anilines is 1. The van der Waals surface area contributed by atoms with E-state index in [0.717, 1.165) is 5.88 Å². The first-order valence-corrected chi connectivity index (χ1v) is 5.26. The summed E-state index contributed by atoms with van der Waals surface area (Å²) < 4.78 is 10.5. The summed E-state index contributed by atoms with van der Waals surface area (Å²) in [5.41, 5.74) is 0. The third kappa shape index (κ3) is 2.60. The van der Waals surface area contributed by atoms with Gasteiger partial charge in [-0.2, -0.15) is 0 Å². The Hall–Kier alpha value is -2.50. The van der Waals surface area contributed by atoms with E-state index in [2.05, 4.69) is 0 Å². The lowest BCUT2D eigenvalue weighted by Gasteiger charge is -2.05. The highest BCUT2D eigenvalue weighted by Gasteiger charge is 2.09. The van der Waals surface area contributed by atoms with Crippen LogP contribution in [0.4, 0.5) is 11.8 Å². The average Bonchev–Trinajstić information content (AvgIpc) is 2.95. The predicted molar refractivity (Wildman–Crippen MR) is 67.3 cm³/mol. The highest BCUT2D eigenvalue weighted by atomic mass is 16.6. The van der Waals surface area contributed by atoms with Gasteiger partial charge in [-0.3, -0.25) is 10.1 Å². The highest BCUT2D eigenvalue weighted by Crippen LogP contribution is 2.20. The normalized spacial score (nSPS) is 11.0. The first-order valence-electron chi connectivity index (χ1n) is 5.26. The molecule has 2 heterocycles. The smallest absolute Gasteiger partial charge is 0.433 e. The number of nitrogens with zero attached hydrogens (tertiary/aromatic N) is 2. The van der Waals surface area contributed by atoms with Crippen molar-refractivity contribution in [3.63, 3.8) is 0 Å². The van der Waals surface area contributed by atoms with Crippen LogP contribution in [0, 0.1) is 10.1 Å². The third-order valence-corrected chi connectivity index (χ3v) is 2.26. The molecule has 2 aromatic rings. The molecule has 2 aromatic heterocycles. The van der Waals surface area contributed by atoms with Crippen molar-refractivity contribution in [3.8, 4) is 0 Å². The molecular formula is C12H12N2O4. The van der Waals surface area contributed by atoms with E-state index in [1.54, 1.807) is 12.2 Å². The fraction of sp³-hybridized carbons (Fsp3) is 0.167. The van der Waals surface area contributed by atoms with Crippen LogP contribution in [0.15, 0.2) is 33.1 Å². The SMILES string of the molecule is CN(C)c1ccc(C=Cc2ccc([N+](=O)[O-])o2)o1. The Balaban J connectivity index is 2.11. The van der Waals surface area contributed by atoms with Crippen LogP contribution in [0.5, 0.6) is 0 Å². The summed E-state index contributed by atoms with van der Waals surface area (Å²) in [4.78, 5) is 11.7. The summed E-state index contributed by atoms with van der Waals surface area (Å²) in [6.07, 6.45) is 3.31. The molecule has 0 aliphatic heterocycles. The Morgan fingerprint density at radius 2 is 1.72 bits per heavy atom. The van der Waals surface area contributed by atoms with Crippen LogP contribution in [0.2, 0.25) is 0 Å². The number of hydrogen-bond acceptors (Lipinski definition) is 5. The molecule has 0 unspecified atom stereocenters. The number of furan rings is 2. The topological polar surface area (TPSA) is 72.7 Å². The molecule has 0 aliphatic carbocycles. The van der Waals surface area contributed by atoms with E-state index in [-0.39, 0.29) is 5.88 Å². The zero-order valence-electron chi connectivity index (χ0n) is 9.99. The molecule has 0 spiro atoms. The molecule has 0 aromatic carbocycles. The summed E-state index contributed by atoms with van der Waals surface area (Å²) in [5, 5.41) is 10.4. The van der Waals surface area contributed by atoms with Crippen molar-refractivity contribution in [3.05, 3.63) is 45.9 Å². The fourth-order valence-corrected chi connectivity index (χ4v) is 1.37. The largest absolute Gasteiger partial charge is 0.441 e. The number of rotatable bonds is 4. The molecule has 0 amide bonds. The molecule has 0 bridgehead atoms. The summed E-state index contributed by atoms with van der Waals surface area (Å²) in [6.45, 7) is 0. The Bertz CT molecular complexity index is 580. The highest BCUT2D eigenvalue weighted by molar-refractivity contribution is 5.66. The minimum atomic E-state index is -0.575. The molecule has 0 saturated heterocycles. The van der Waals surface area contributed by atoms with E-state index in [4.69, 9.17) is 8.83 Å². The molecule has 0 N–H and O–H groups in total. The first-order chi connectivity index (χ1) is 8.56. The lowest BCUT2D eigenvalue weighted by molar-refractivity contribution is -0.402. The minimum Gasteiger partial charge on any atom is -0.441 e. The van der Waals surface area contributed by atoms with Gasteiger partial charge in [-0.15, -0.1) is 0 Å². The van der Waals surface area contributed by atoms with E-state index in [1.807, 2.05) is 31.1 Å². The van der Waals surface area contributed by atoms with Crippen molar-refractivity contribution in [2.75, 3.05) is 19.0 Å². The number of nitro groups is 1. The van der Waals surface area contributed by atoms with Crippen molar-refractivity contribution in [1.29, 1.82) is 0 Å². The monoisotopic (exact) mass is 248 g/mol. The molecule has 0 fully saturated rings. The van der Waals surface area contributed by atoms with Gasteiger partial charge in [0.15, 0.2) is 5.88 Å². The molecule has 2 rings (SSSR count). The van der Waals surface area contributed by atoms with Crippen LogP contribution < -0.4 is 4.90 Å². The summed E-state index contributed by atoms with van der Waals surface area (Å²) in [7, 11) is 3.75. The predicted octanol–water partition coefficient (Wildman–Crippen LogP) is 3.02. The molecule has 0 saturated carbocycles. The van der Waals surface area contributed by atoms with Crippen molar-refractivity contribution in [2.45, 2.75) is 0 Å². The quantitative estimate of drug-likeness (QED) is 0.614. The van der Waals surface area contributed by atoms with Gasteiger partial charge in [-0.05, 0) is 24.3 Å². The Morgan fingerprint density at radius 1 is 1.11 bits per heavy atom. The lowest BCUT2D eigenvalue weighted by atomic mass is 10.3. The standard InChI is InChI=1S/C12H12N2O4/c1-13(2)11-7-5-9(17-11)3-4-10-6-8-12(18-10)14(15)16/h3-8H,1-2H3. The fourth-order valence-electron chi connectivity index (χ4n) is 1.37.